The molecule has 0 atom stereocenters. The van der Waals surface area contributed by atoms with Crippen molar-refractivity contribution >= 4 is 0 Å². The van der Waals surface area contributed by atoms with Gasteiger partial charge in [0.05, 0.1) is 0 Å². The summed E-state index contributed by atoms with van der Waals surface area (Å²) in [6.07, 6.45) is 50.0. The predicted octanol–water partition coefficient (Wildman–Crippen LogP) is 13.3. The van der Waals surface area contributed by atoms with E-state index in [1.807, 2.05) is 0 Å². The van der Waals surface area contributed by atoms with Crippen LogP contribution in [-0.4, -0.2) is 26.9 Å². The molecule has 0 saturated carbocycles. The average molecular weight is 575 g/mol. The van der Waals surface area contributed by atoms with Gasteiger partial charge in [-0.25, -0.2) is 0 Å². The van der Waals surface area contributed by atoms with Gasteiger partial charge >= 0.3 is 0 Å². The van der Waals surface area contributed by atoms with Crippen LogP contribution in [0.3, 0.4) is 0 Å². The van der Waals surface area contributed by atoms with Gasteiger partial charge < -0.3 is 9.47 Å². The van der Waals surface area contributed by atoms with Gasteiger partial charge in [0.2, 0.25) is 0 Å². The minimum absolute atomic E-state index is 0.861. The summed E-state index contributed by atoms with van der Waals surface area (Å²) in [4.78, 5) is 0. The maximum Gasteiger partial charge on any atom is 0.0465 e. The van der Waals surface area contributed by atoms with Crippen LogP contribution in [0, 0.1) is 0 Å². The molecular weight excluding hydrogens is 500 g/mol. The van der Waals surface area contributed by atoms with Gasteiger partial charge in [0.15, 0.2) is 0 Å². The quantitative estimate of drug-likeness (QED) is 0.0605. The van der Waals surface area contributed by atoms with Crippen LogP contribution in [0.4, 0.5) is 0 Å². The Balaban J connectivity index is 0. The van der Waals surface area contributed by atoms with E-state index in [0.717, 1.165) is 32.7 Å². The minimum Gasteiger partial charge on any atom is -0.385 e. The molecule has 0 aromatic rings. The maximum absolute atomic E-state index is 5.34. The molecule has 0 aromatic carbocycles. The molecule has 0 fully saturated rings. The normalized spacial score (nSPS) is 11.9. The lowest BCUT2D eigenvalue weighted by Gasteiger charge is -2.01. The molecule has 2 nitrogen and oxygen atoms in total. The zero-order valence-electron chi connectivity index (χ0n) is 28.5. The lowest BCUT2D eigenvalue weighted by atomic mass is 10.1. The molecule has 2 heteroatoms. The summed E-state index contributed by atoms with van der Waals surface area (Å²) in [5.41, 5.74) is 0. The molecule has 0 saturated heterocycles. The zero-order valence-corrected chi connectivity index (χ0v) is 28.5. The fraction of sp³-hybridized carbons (Fsp3) is 0.795. The van der Waals surface area contributed by atoms with Crippen molar-refractivity contribution in [1.82, 2.24) is 0 Å². The molecule has 0 N–H and O–H groups in total. The average Bonchev–Trinajstić information content (AvgIpc) is 2.99. The van der Waals surface area contributed by atoms with Crippen molar-refractivity contribution in [3.63, 3.8) is 0 Å². The molecule has 0 rings (SSSR count). The largest absolute Gasteiger partial charge is 0.385 e. The van der Waals surface area contributed by atoms with Crippen LogP contribution in [0.5, 0.6) is 0 Å². The van der Waals surface area contributed by atoms with Gasteiger partial charge in [-0.1, -0.05) is 140 Å². The van der Waals surface area contributed by atoms with Crippen LogP contribution >= 0.6 is 0 Å². The van der Waals surface area contributed by atoms with Gasteiger partial charge in [0.1, 0.15) is 0 Å². The molecule has 0 spiro atoms. The molecule has 0 unspecified atom stereocenters. The van der Waals surface area contributed by atoms with Crippen molar-refractivity contribution < 1.29 is 9.47 Å². The Labute approximate surface area is 259 Å². The Bertz CT molecular complexity index is 546. The van der Waals surface area contributed by atoms with Crippen molar-refractivity contribution in [2.75, 3.05) is 26.9 Å². The van der Waals surface area contributed by atoms with E-state index >= 15 is 0 Å². The second-order valence-electron chi connectivity index (χ2n) is 11.4. The Morgan fingerprint density at radius 3 is 1.07 bits per heavy atom. The van der Waals surface area contributed by atoms with Crippen molar-refractivity contribution in [3.8, 4) is 0 Å². The molecule has 0 aromatic heterocycles. The van der Waals surface area contributed by atoms with Gasteiger partial charge in [-0.15, -0.1) is 0 Å². The van der Waals surface area contributed by atoms with E-state index in [0.29, 0.717) is 0 Å². The van der Waals surface area contributed by atoms with Crippen LogP contribution in [-0.2, 0) is 9.47 Å². The topological polar surface area (TPSA) is 18.5 Å². The van der Waals surface area contributed by atoms with E-state index in [1.165, 1.54) is 141 Å². The second kappa shape index (κ2) is 43.3. The Hall–Kier alpha value is -1.12. The lowest BCUT2D eigenvalue weighted by molar-refractivity contribution is 0.143. The number of unbranched alkanes of at least 4 members (excludes halogenated alkanes) is 18. The van der Waals surface area contributed by atoms with E-state index in [9.17, 15) is 0 Å². The SMILES string of the molecule is CCCCC/C=C\C/C=C\CCCCCCCCOC.CCCCC/C=C\C/C=C\CCCCCCCCOCC. The minimum atomic E-state index is 0.861. The van der Waals surface area contributed by atoms with Gasteiger partial charge in [-0.3, -0.25) is 0 Å². The van der Waals surface area contributed by atoms with Crippen molar-refractivity contribution in [1.29, 1.82) is 0 Å². The standard InChI is InChI=1S/C20H38O.C19H36O/c1-3-5-6-7-8-9-10-11-12-13-14-15-16-17-18-19-20-21-4-2;1-3-4-5-6-7-8-9-10-11-12-13-14-15-16-17-18-19-20-2/h8-9,11-12H,3-7,10,13-20H2,1-2H3;7-8,10-11H,3-6,9,12-19H2,1-2H3/b9-8-,12-11-;8-7-,11-10-. The summed E-state index contributed by atoms with van der Waals surface area (Å²) in [5.74, 6) is 0. The molecule has 0 heterocycles. The molecule has 0 amide bonds. The monoisotopic (exact) mass is 575 g/mol. The third-order valence-corrected chi connectivity index (χ3v) is 7.24. The zero-order chi connectivity index (χ0) is 30.2. The van der Waals surface area contributed by atoms with Crippen LogP contribution in [0.2, 0.25) is 0 Å². The third kappa shape index (κ3) is 46.1. The number of methoxy groups -OCH3 is 1. The van der Waals surface area contributed by atoms with Crippen molar-refractivity contribution in [2.45, 2.75) is 175 Å². The number of hydrogen-bond donors (Lipinski definition) is 0. The van der Waals surface area contributed by atoms with Gasteiger partial charge in [-0.2, -0.15) is 0 Å². The highest BCUT2D eigenvalue weighted by Gasteiger charge is 1.92. The summed E-state index contributed by atoms with van der Waals surface area (Å²) in [6, 6.07) is 0. The summed E-state index contributed by atoms with van der Waals surface area (Å²) in [7, 11) is 1.78. The first-order valence-electron chi connectivity index (χ1n) is 18.0. The summed E-state index contributed by atoms with van der Waals surface area (Å²) < 4.78 is 10.4. The number of allylic oxidation sites excluding steroid dienone is 8. The summed E-state index contributed by atoms with van der Waals surface area (Å²) >= 11 is 0. The highest BCUT2D eigenvalue weighted by Crippen LogP contribution is 2.09. The van der Waals surface area contributed by atoms with Gasteiger partial charge in [0, 0.05) is 26.9 Å². The molecule has 0 aliphatic carbocycles. The number of rotatable bonds is 31. The fourth-order valence-corrected chi connectivity index (χ4v) is 4.57. The molecular formula is C39H74O2. The first kappa shape index (κ1) is 42.0. The van der Waals surface area contributed by atoms with Crippen molar-refractivity contribution in [3.05, 3.63) is 48.6 Å². The third-order valence-electron chi connectivity index (χ3n) is 7.24. The van der Waals surface area contributed by atoms with E-state index in [4.69, 9.17) is 9.47 Å². The molecule has 0 bridgehead atoms. The highest BCUT2D eigenvalue weighted by molar-refractivity contribution is 4.93. The Kier molecular flexibility index (Phi) is 44.4. The summed E-state index contributed by atoms with van der Waals surface area (Å²) in [5, 5.41) is 0. The fourth-order valence-electron chi connectivity index (χ4n) is 4.57. The van der Waals surface area contributed by atoms with Crippen LogP contribution in [0.15, 0.2) is 48.6 Å². The maximum atomic E-state index is 5.34. The van der Waals surface area contributed by atoms with E-state index in [1.54, 1.807) is 7.11 Å². The lowest BCUT2D eigenvalue weighted by Crippen LogP contribution is -1.92. The Morgan fingerprint density at radius 1 is 0.366 bits per heavy atom. The van der Waals surface area contributed by atoms with Gasteiger partial charge in [0.25, 0.3) is 0 Å². The second-order valence-corrected chi connectivity index (χ2v) is 11.4. The molecule has 0 aliphatic rings. The Morgan fingerprint density at radius 2 is 0.707 bits per heavy atom. The predicted molar refractivity (Wildman–Crippen MR) is 187 cm³/mol. The highest BCUT2D eigenvalue weighted by atomic mass is 16.5. The van der Waals surface area contributed by atoms with E-state index in [-0.39, 0.29) is 0 Å². The molecule has 242 valence electrons. The molecule has 0 radical (unpaired) electrons. The van der Waals surface area contributed by atoms with Crippen molar-refractivity contribution in [2.24, 2.45) is 0 Å². The van der Waals surface area contributed by atoms with E-state index < -0.39 is 0 Å². The van der Waals surface area contributed by atoms with Gasteiger partial charge in [-0.05, 0) is 84.0 Å². The molecule has 41 heavy (non-hydrogen) atoms. The number of hydrogen-bond acceptors (Lipinski definition) is 2. The first-order valence-corrected chi connectivity index (χ1v) is 18.0. The number of ether oxygens (including phenoxy) is 2. The van der Waals surface area contributed by atoms with Crippen LogP contribution in [0.25, 0.3) is 0 Å². The van der Waals surface area contributed by atoms with Crippen LogP contribution in [0.1, 0.15) is 175 Å². The first-order chi connectivity index (χ1) is 20.3. The molecule has 0 aliphatic heterocycles. The summed E-state index contributed by atoms with van der Waals surface area (Å²) in [6.45, 7) is 9.31. The smallest absolute Gasteiger partial charge is 0.0465 e. The van der Waals surface area contributed by atoms with Crippen LogP contribution < -0.4 is 0 Å². The van der Waals surface area contributed by atoms with E-state index in [2.05, 4.69) is 69.4 Å².